The van der Waals surface area contributed by atoms with E-state index in [2.05, 4.69) is 17.9 Å². The fraction of sp³-hybridized carbons (Fsp3) is 0.0556. The van der Waals surface area contributed by atoms with Crippen molar-refractivity contribution in [1.82, 2.24) is 0 Å². The van der Waals surface area contributed by atoms with Crippen LogP contribution in [-0.4, -0.2) is 19.2 Å². The van der Waals surface area contributed by atoms with Gasteiger partial charge in [-0.2, -0.15) is 5.26 Å². The van der Waals surface area contributed by atoms with Crippen molar-refractivity contribution in [3.8, 4) is 17.6 Å². The van der Waals surface area contributed by atoms with Crippen LogP contribution in [0.4, 0.5) is 0 Å². The first kappa shape index (κ1) is 22.1. The number of ether oxygens (including phenoxy) is 3. The topological polar surface area (TPSA) is 85.6 Å². The molecule has 0 spiro atoms. The maximum atomic E-state index is 11.9. The van der Waals surface area contributed by atoms with E-state index in [0.29, 0.717) is 22.6 Å². The molecule has 0 aromatic heterocycles. The average Bonchev–Trinajstić information content (AvgIpc) is 2.65. The van der Waals surface area contributed by atoms with Crippen molar-refractivity contribution in [3.05, 3.63) is 72.8 Å². The Morgan fingerprint density at radius 3 is 2.16 bits per heavy atom. The molecule has 0 heterocycles. The van der Waals surface area contributed by atoms with E-state index in [1.165, 1.54) is 18.6 Å². The van der Waals surface area contributed by atoms with E-state index in [9.17, 15) is 9.59 Å². The molecule has 0 aliphatic carbocycles. The zero-order chi connectivity index (χ0) is 17.8. The fourth-order valence-corrected chi connectivity index (χ4v) is 1.57. The molecule has 0 aliphatic heterocycles. The second-order valence-electron chi connectivity index (χ2n) is 4.04. The second-order valence-corrected chi connectivity index (χ2v) is 4.04. The summed E-state index contributed by atoms with van der Waals surface area (Å²) in [4.78, 5) is 21.8. The summed E-state index contributed by atoms with van der Waals surface area (Å²) in [6.07, 6.45) is 0. The van der Waals surface area contributed by atoms with Crippen LogP contribution in [0.2, 0.25) is 0 Å². The quantitative estimate of drug-likeness (QED) is 0.197. The molecule has 0 bridgehead atoms. The molecule has 2 rings (SSSR count). The number of hydrogen-bond acceptors (Lipinski definition) is 6. The molecule has 0 amide bonds. The first-order valence-corrected chi connectivity index (χ1v) is 6.58. The molecule has 126 valence electrons. The third-order valence-electron chi connectivity index (χ3n) is 2.63. The van der Waals surface area contributed by atoms with Crippen molar-refractivity contribution in [2.45, 2.75) is 0 Å². The molecule has 7 heteroatoms. The molecule has 0 saturated carbocycles. The number of benzene rings is 2. The Balaban J connectivity index is 0.00000185. The van der Waals surface area contributed by atoms with E-state index in [4.69, 9.17) is 14.7 Å². The molecule has 2 aromatic rings. The van der Waals surface area contributed by atoms with E-state index in [-0.39, 0.29) is 27.9 Å². The van der Waals surface area contributed by atoms with Crippen molar-refractivity contribution in [2.24, 2.45) is 0 Å². The van der Waals surface area contributed by atoms with Gasteiger partial charge in [0.25, 0.3) is 0 Å². The maximum absolute atomic E-state index is 11.9. The summed E-state index contributed by atoms with van der Waals surface area (Å²) < 4.78 is 14.5. The fourth-order valence-electron chi connectivity index (χ4n) is 1.57. The van der Waals surface area contributed by atoms with E-state index in [1.807, 2.05) is 6.07 Å². The van der Waals surface area contributed by atoms with Gasteiger partial charge in [-0.3, -0.25) is 6.58 Å². The van der Waals surface area contributed by atoms with Crippen LogP contribution in [0.1, 0.15) is 15.9 Å². The molecule has 0 radical (unpaired) electrons. The Bertz CT molecular complexity index is 708. The molecule has 0 N–H and O–H groups in total. The maximum Gasteiger partial charge on any atom is 2.00 e. The molecule has 2 aromatic carbocycles. The van der Waals surface area contributed by atoms with Gasteiger partial charge in [-0.1, -0.05) is 6.47 Å². The Morgan fingerprint density at radius 1 is 1.08 bits per heavy atom. The number of carbonyl (C=O) groups excluding carboxylic acids is 2. The van der Waals surface area contributed by atoms with Crippen LogP contribution in [0, 0.1) is 17.9 Å². The molecule has 0 aliphatic rings. The van der Waals surface area contributed by atoms with Gasteiger partial charge in [0.05, 0.1) is 17.2 Å². The predicted molar refractivity (Wildman–Crippen MR) is 84.8 cm³/mol. The van der Waals surface area contributed by atoms with E-state index in [0.717, 1.165) is 0 Å². The number of carbonyl (C=O) groups is 1. The normalized spacial score (nSPS) is 8.44. The van der Waals surface area contributed by atoms with Crippen molar-refractivity contribution in [3.63, 3.8) is 0 Å². The van der Waals surface area contributed by atoms with E-state index in [1.54, 1.807) is 36.4 Å². The molecule has 0 saturated heterocycles. The summed E-state index contributed by atoms with van der Waals surface area (Å²) in [5, 5.41) is 8.69. The SMILES string of the molecule is N#Cc1ccc(OC(=O)c2ccc(OCO[C-]=O)cc2)cc1.[CH-]=C.[W+2]. The van der Waals surface area contributed by atoms with Gasteiger partial charge in [-0.05, 0) is 48.5 Å². The van der Waals surface area contributed by atoms with Gasteiger partial charge in [0.15, 0.2) is 6.79 Å². The standard InChI is InChI=1S/C16H10NO5.C2H3.W/c17-9-12-1-5-15(6-2-12)22-16(19)13-3-7-14(8-4-13)21-11-20-10-18;1-2;/h1-8H,11H2;1H,2H2;/q2*-1;+2. The monoisotopic (exact) mass is 507 g/mol. The van der Waals surface area contributed by atoms with Gasteiger partial charge in [-0.15, -0.1) is 0 Å². The van der Waals surface area contributed by atoms with Gasteiger partial charge < -0.3 is 25.6 Å². The van der Waals surface area contributed by atoms with Crippen LogP contribution in [0.3, 0.4) is 0 Å². The summed E-state index contributed by atoms with van der Waals surface area (Å²) >= 11 is 0. The number of nitrogens with zero attached hydrogens (tertiary/aromatic N) is 1. The predicted octanol–water partition coefficient (Wildman–Crippen LogP) is 2.80. The third kappa shape index (κ3) is 7.47. The molecule has 25 heavy (non-hydrogen) atoms. The molecule has 0 atom stereocenters. The number of nitriles is 1. The van der Waals surface area contributed by atoms with E-state index < -0.39 is 5.97 Å². The van der Waals surface area contributed by atoms with Crippen LogP contribution >= 0.6 is 0 Å². The first-order valence-electron chi connectivity index (χ1n) is 6.58. The van der Waals surface area contributed by atoms with E-state index >= 15 is 0 Å². The number of esters is 1. The van der Waals surface area contributed by atoms with Gasteiger partial charge in [-0.25, -0.2) is 4.79 Å². The number of hydrogen-bond donors (Lipinski definition) is 0. The van der Waals surface area contributed by atoms with Crippen LogP contribution < -0.4 is 9.47 Å². The van der Waals surface area contributed by atoms with Crippen molar-refractivity contribution < 1.29 is 44.9 Å². The summed E-state index contributed by atoms with van der Waals surface area (Å²) in [6, 6.07) is 14.3. The summed E-state index contributed by atoms with van der Waals surface area (Å²) in [7, 11) is 0. The Labute approximate surface area is 159 Å². The Morgan fingerprint density at radius 2 is 1.64 bits per heavy atom. The minimum absolute atomic E-state index is 0. The van der Waals surface area contributed by atoms with Crippen molar-refractivity contribution in [1.29, 1.82) is 5.26 Å². The Kier molecular flexibility index (Phi) is 11.1. The van der Waals surface area contributed by atoms with Gasteiger partial charge >= 0.3 is 27.0 Å². The minimum Gasteiger partial charge on any atom is -0.626 e. The molecule has 0 fully saturated rings. The van der Waals surface area contributed by atoms with Crippen LogP contribution in [-0.2, 0) is 30.6 Å². The molecule has 6 nitrogen and oxygen atoms in total. The molecule has 0 unspecified atom stereocenters. The summed E-state index contributed by atoms with van der Waals surface area (Å²) in [5.74, 6) is 0.248. The molecular formula is C18H13NO5W. The van der Waals surface area contributed by atoms with Crippen LogP contribution in [0.25, 0.3) is 0 Å². The third-order valence-corrected chi connectivity index (χ3v) is 2.63. The van der Waals surface area contributed by atoms with Gasteiger partial charge in [0.1, 0.15) is 11.5 Å². The summed E-state index contributed by atoms with van der Waals surface area (Å²) in [6.45, 7) is 7.98. The van der Waals surface area contributed by atoms with Crippen LogP contribution in [0.5, 0.6) is 11.5 Å². The second kappa shape index (κ2) is 12.5. The van der Waals surface area contributed by atoms with Crippen molar-refractivity contribution >= 4 is 12.4 Å². The Hall–Kier alpha value is -2.90. The van der Waals surface area contributed by atoms with Gasteiger partial charge in [0, 0.05) is 0 Å². The first-order chi connectivity index (χ1) is 11.7. The summed E-state index contributed by atoms with van der Waals surface area (Å²) in [5.41, 5.74) is 0.815. The zero-order valence-corrected chi connectivity index (χ0v) is 15.9. The molecular weight excluding hydrogens is 494 g/mol. The minimum atomic E-state index is -0.534. The van der Waals surface area contributed by atoms with Gasteiger partial charge in [0.2, 0.25) is 0 Å². The smallest absolute Gasteiger partial charge is 0.626 e. The zero-order valence-electron chi connectivity index (χ0n) is 13.0. The number of rotatable bonds is 6. The van der Waals surface area contributed by atoms with Crippen LogP contribution in [0.15, 0.2) is 55.1 Å². The van der Waals surface area contributed by atoms with Crippen molar-refractivity contribution in [2.75, 3.05) is 6.79 Å². The largest absolute Gasteiger partial charge is 2.00 e. The average molecular weight is 507 g/mol.